The molecule has 8 nitrogen and oxygen atoms in total. The van der Waals surface area contributed by atoms with Crippen LogP contribution in [0, 0.1) is 5.92 Å². The number of carbonyl (C=O) groups is 4. The molecule has 28 heavy (non-hydrogen) atoms. The van der Waals surface area contributed by atoms with Gasteiger partial charge >= 0.3 is 0 Å². The van der Waals surface area contributed by atoms with Crippen LogP contribution in [0.1, 0.15) is 59.7 Å². The molecular formula is C20H24N4O4. The number of benzene rings is 1. The number of hydrogen-bond donors (Lipinski definition) is 3. The number of piperidine rings is 1. The first-order chi connectivity index (χ1) is 13.3. The van der Waals surface area contributed by atoms with Gasteiger partial charge in [-0.25, -0.2) is 0 Å². The van der Waals surface area contributed by atoms with Gasteiger partial charge in [0.05, 0.1) is 11.1 Å². The van der Waals surface area contributed by atoms with Crippen LogP contribution in [-0.4, -0.2) is 46.7 Å². The maximum Gasteiger partial charge on any atom is 0.262 e. The monoisotopic (exact) mass is 384 g/mol. The largest absolute Gasteiger partial charge is 0.383 e. The third kappa shape index (κ3) is 3.07. The zero-order valence-corrected chi connectivity index (χ0v) is 15.8. The standard InChI is InChI=1S/C20H24N4O4/c1-20(21,11-3-2-4-11)10-22-12-5-6-13-14(9-12)19(28)24(18(13)27)15-7-8-16(25)23-17(15)26/h5-6,9,11,15,22H,2-4,7-8,10,21H2,1H3,(H,23,25,26). The summed E-state index contributed by atoms with van der Waals surface area (Å²) in [6, 6.07) is 4.03. The number of amides is 4. The van der Waals surface area contributed by atoms with Crippen LogP contribution in [0.25, 0.3) is 0 Å². The lowest BCUT2D eigenvalue weighted by molar-refractivity contribution is -0.136. The molecule has 2 unspecified atom stereocenters. The normalized spacial score (nSPS) is 24.5. The lowest BCUT2D eigenvalue weighted by Gasteiger charge is -2.40. The number of rotatable bonds is 5. The first-order valence-corrected chi connectivity index (χ1v) is 9.66. The molecule has 2 heterocycles. The van der Waals surface area contributed by atoms with Crippen LogP contribution in [-0.2, 0) is 9.59 Å². The quantitative estimate of drug-likeness (QED) is 0.652. The Morgan fingerprint density at radius 3 is 2.50 bits per heavy atom. The molecule has 1 aliphatic carbocycles. The van der Waals surface area contributed by atoms with E-state index in [2.05, 4.69) is 10.6 Å². The molecule has 0 bridgehead atoms. The molecule has 1 aromatic carbocycles. The first kappa shape index (κ1) is 18.6. The van der Waals surface area contributed by atoms with Gasteiger partial charge in [-0.3, -0.25) is 29.4 Å². The Kier molecular flexibility index (Phi) is 4.45. The molecular weight excluding hydrogens is 360 g/mol. The van der Waals surface area contributed by atoms with Gasteiger partial charge in [-0.05, 0) is 50.3 Å². The van der Waals surface area contributed by atoms with Crippen molar-refractivity contribution in [2.24, 2.45) is 11.7 Å². The topological polar surface area (TPSA) is 122 Å². The summed E-state index contributed by atoms with van der Waals surface area (Å²) in [5.41, 5.74) is 7.32. The molecule has 0 aromatic heterocycles. The fourth-order valence-electron chi connectivity index (χ4n) is 4.09. The highest BCUT2D eigenvalue weighted by Gasteiger charge is 2.44. The summed E-state index contributed by atoms with van der Waals surface area (Å²) >= 11 is 0. The summed E-state index contributed by atoms with van der Waals surface area (Å²) in [4.78, 5) is 50.0. The smallest absolute Gasteiger partial charge is 0.262 e. The summed E-state index contributed by atoms with van der Waals surface area (Å²) in [5.74, 6) is -1.52. The van der Waals surface area contributed by atoms with Crippen LogP contribution in [0.4, 0.5) is 5.69 Å². The fraction of sp³-hybridized carbons (Fsp3) is 0.500. The van der Waals surface area contributed by atoms with Crippen molar-refractivity contribution in [2.45, 2.75) is 50.6 Å². The Balaban J connectivity index is 1.51. The molecule has 2 aliphatic heterocycles. The third-order valence-electron chi connectivity index (χ3n) is 6.15. The van der Waals surface area contributed by atoms with Gasteiger partial charge in [0, 0.05) is 24.2 Å². The van der Waals surface area contributed by atoms with E-state index in [-0.39, 0.29) is 35.4 Å². The van der Waals surface area contributed by atoms with Gasteiger partial charge in [0.25, 0.3) is 11.8 Å². The lowest BCUT2D eigenvalue weighted by atomic mass is 9.72. The Bertz CT molecular complexity index is 875. The average molecular weight is 384 g/mol. The van der Waals surface area contributed by atoms with Crippen LogP contribution >= 0.6 is 0 Å². The molecule has 148 valence electrons. The summed E-state index contributed by atoms with van der Waals surface area (Å²) in [6.07, 6.45) is 3.73. The van der Waals surface area contributed by atoms with Crippen LogP contribution < -0.4 is 16.4 Å². The Morgan fingerprint density at radius 1 is 1.14 bits per heavy atom. The van der Waals surface area contributed by atoms with Crippen molar-refractivity contribution in [3.63, 3.8) is 0 Å². The van der Waals surface area contributed by atoms with Crippen molar-refractivity contribution in [1.29, 1.82) is 0 Å². The van der Waals surface area contributed by atoms with Gasteiger partial charge in [0.15, 0.2) is 0 Å². The summed E-state index contributed by atoms with van der Waals surface area (Å²) in [7, 11) is 0. The Morgan fingerprint density at radius 2 is 1.86 bits per heavy atom. The van der Waals surface area contributed by atoms with E-state index >= 15 is 0 Å². The van der Waals surface area contributed by atoms with Crippen molar-refractivity contribution in [1.82, 2.24) is 10.2 Å². The molecule has 1 saturated carbocycles. The minimum absolute atomic E-state index is 0.104. The number of carbonyl (C=O) groups excluding carboxylic acids is 4. The second-order valence-electron chi connectivity index (χ2n) is 8.19. The second-order valence-corrected chi connectivity index (χ2v) is 8.19. The van der Waals surface area contributed by atoms with E-state index in [0.717, 1.165) is 17.7 Å². The minimum Gasteiger partial charge on any atom is -0.383 e. The van der Waals surface area contributed by atoms with E-state index in [1.165, 1.54) is 6.42 Å². The number of nitrogens with one attached hydrogen (secondary N) is 2. The molecule has 2 atom stereocenters. The van der Waals surface area contributed by atoms with Crippen LogP contribution in [0.3, 0.4) is 0 Å². The second kappa shape index (κ2) is 6.70. The lowest BCUT2D eigenvalue weighted by Crippen LogP contribution is -2.54. The number of nitrogens with two attached hydrogens (primary N) is 1. The molecule has 0 spiro atoms. The molecule has 4 N–H and O–H groups in total. The molecule has 0 radical (unpaired) electrons. The first-order valence-electron chi connectivity index (χ1n) is 9.66. The van der Waals surface area contributed by atoms with Crippen molar-refractivity contribution >= 4 is 29.3 Å². The van der Waals surface area contributed by atoms with E-state index in [9.17, 15) is 19.2 Å². The van der Waals surface area contributed by atoms with Crippen molar-refractivity contribution in [2.75, 3.05) is 11.9 Å². The number of imide groups is 2. The van der Waals surface area contributed by atoms with E-state index < -0.39 is 23.8 Å². The Hall–Kier alpha value is -2.74. The van der Waals surface area contributed by atoms with E-state index in [1.807, 2.05) is 6.92 Å². The molecule has 1 saturated heterocycles. The predicted molar refractivity (Wildman–Crippen MR) is 102 cm³/mol. The molecule has 4 rings (SSSR count). The third-order valence-corrected chi connectivity index (χ3v) is 6.15. The van der Waals surface area contributed by atoms with Crippen LogP contribution in [0.5, 0.6) is 0 Å². The van der Waals surface area contributed by atoms with Crippen LogP contribution in [0.15, 0.2) is 18.2 Å². The van der Waals surface area contributed by atoms with Crippen molar-refractivity contribution < 1.29 is 19.2 Å². The predicted octanol–water partition coefficient (Wildman–Crippen LogP) is 1.02. The van der Waals surface area contributed by atoms with Gasteiger partial charge in [-0.15, -0.1) is 0 Å². The summed E-state index contributed by atoms with van der Waals surface area (Å²) < 4.78 is 0. The van der Waals surface area contributed by atoms with E-state index in [4.69, 9.17) is 5.73 Å². The zero-order chi connectivity index (χ0) is 20.1. The van der Waals surface area contributed by atoms with Gasteiger partial charge in [0.1, 0.15) is 6.04 Å². The van der Waals surface area contributed by atoms with Crippen molar-refractivity contribution in [3.8, 4) is 0 Å². The summed E-state index contributed by atoms with van der Waals surface area (Å²) in [5, 5.41) is 5.47. The zero-order valence-electron chi connectivity index (χ0n) is 15.8. The average Bonchev–Trinajstić information content (AvgIpc) is 2.83. The molecule has 2 fully saturated rings. The molecule has 4 amide bonds. The van der Waals surface area contributed by atoms with Gasteiger partial charge < -0.3 is 11.1 Å². The Labute approximate surface area is 162 Å². The highest BCUT2D eigenvalue weighted by Crippen LogP contribution is 2.35. The molecule has 3 aliphatic rings. The number of fused-ring (bicyclic) bond motifs is 1. The van der Waals surface area contributed by atoms with E-state index in [1.54, 1.807) is 18.2 Å². The van der Waals surface area contributed by atoms with Gasteiger partial charge in [-0.1, -0.05) is 6.42 Å². The van der Waals surface area contributed by atoms with E-state index in [0.29, 0.717) is 18.2 Å². The van der Waals surface area contributed by atoms with Gasteiger partial charge in [0.2, 0.25) is 11.8 Å². The van der Waals surface area contributed by atoms with Gasteiger partial charge in [-0.2, -0.15) is 0 Å². The maximum absolute atomic E-state index is 12.8. The minimum atomic E-state index is -0.951. The number of hydrogen-bond acceptors (Lipinski definition) is 6. The highest BCUT2D eigenvalue weighted by molar-refractivity contribution is 6.23. The SMILES string of the molecule is CC(N)(CNc1ccc2c(c1)C(=O)N(C1CCC(=O)NC1=O)C2=O)C1CCC1. The molecule has 8 heteroatoms. The fourth-order valence-corrected chi connectivity index (χ4v) is 4.09. The van der Waals surface area contributed by atoms with Crippen molar-refractivity contribution in [3.05, 3.63) is 29.3 Å². The number of anilines is 1. The maximum atomic E-state index is 12.8. The number of nitrogens with zero attached hydrogens (tertiary/aromatic N) is 1. The molecule has 1 aromatic rings. The van der Waals surface area contributed by atoms with Crippen LogP contribution in [0.2, 0.25) is 0 Å². The summed E-state index contributed by atoms with van der Waals surface area (Å²) in [6.45, 7) is 2.59. The highest BCUT2D eigenvalue weighted by atomic mass is 16.2.